The van der Waals surface area contributed by atoms with Crippen LogP contribution in [0.4, 0.5) is 0 Å². The first-order valence-electron chi connectivity index (χ1n) is 8.98. The molecule has 0 unspecified atom stereocenters. The van der Waals surface area contributed by atoms with Crippen molar-refractivity contribution in [1.82, 2.24) is 0 Å². The molecule has 0 amide bonds. The molecular formula is C20H22BI2O4PS. The topological polar surface area (TPSA) is 36.9 Å². The Morgan fingerprint density at radius 1 is 1.14 bits per heavy atom. The second kappa shape index (κ2) is 9.80. The van der Waals surface area contributed by atoms with E-state index in [-0.39, 0.29) is 9.20 Å². The van der Waals surface area contributed by atoms with Crippen LogP contribution in [0, 0.1) is 11.2 Å². The Kier molecular flexibility index (Phi) is 8.08. The van der Waals surface area contributed by atoms with Crippen molar-refractivity contribution in [3.05, 3.63) is 35.9 Å². The predicted molar refractivity (Wildman–Crippen MR) is 142 cm³/mol. The average molecular weight is 654 g/mol. The molecule has 29 heavy (non-hydrogen) atoms. The van der Waals surface area contributed by atoms with Crippen LogP contribution in [0.3, 0.4) is 0 Å². The third-order valence-corrected chi connectivity index (χ3v) is 9.70. The molecule has 1 aliphatic heterocycles. The fourth-order valence-electron chi connectivity index (χ4n) is 3.02. The molecule has 0 aromatic heterocycles. The first-order chi connectivity index (χ1) is 13.6. The van der Waals surface area contributed by atoms with E-state index in [9.17, 15) is 0 Å². The molecule has 0 radical (unpaired) electrons. The Balaban J connectivity index is 2.15. The summed E-state index contributed by atoms with van der Waals surface area (Å²) < 4.78 is 23.3. The van der Waals surface area contributed by atoms with Gasteiger partial charge in [-0.3, -0.25) is 0 Å². The number of methoxy groups -OCH3 is 1. The number of rotatable bonds is 5. The van der Waals surface area contributed by atoms with Gasteiger partial charge in [-0.1, -0.05) is 18.1 Å². The zero-order chi connectivity index (χ0) is 21.2. The van der Waals surface area contributed by atoms with E-state index in [2.05, 4.69) is 89.0 Å². The van der Waals surface area contributed by atoms with Gasteiger partial charge in [0, 0.05) is 12.7 Å². The Morgan fingerprint density at radius 3 is 2.45 bits per heavy atom. The van der Waals surface area contributed by atoms with Gasteiger partial charge in [0.2, 0.25) is 0 Å². The fraction of sp³-hybridized carbons (Fsp3) is 0.400. The van der Waals surface area contributed by atoms with Crippen LogP contribution < -0.4 is 10.2 Å². The molecule has 1 saturated heterocycles. The number of fused-ring (bicyclic) bond motifs is 1. The van der Waals surface area contributed by atoms with E-state index in [1.165, 1.54) is 0 Å². The van der Waals surface area contributed by atoms with Crippen LogP contribution >= 0.6 is 57.9 Å². The molecular weight excluding hydrogens is 632 g/mol. The van der Waals surface area contributed by atoms with Crippen LogP contribution in [0.1, 0.15) is 33.3 Å². The van der Waals surface area contributed by atoms with Gasteiger partial charge < -0.3 is 18.8 Å². The Hall–Kier alpha value is 0.245. The molecule has 0 spiro atoms. The summed E-state index contributed by atoms with van der Waals surface area (Å²) in [4.78, 5) is 0. The monoisotopic (exact) mass is 654 g/mol. The van der Waals surface area contributed by atoms with Crippen molar-refractivity contribution < 1.29 is 18.8 Å². The van der Waals surface area contributed by atoms with E-state index in [4.69, 9.17) is 18.8 Å². The highest BCUT2D eigenvalue weighted by atomic mass is 127. The second-order valence-corrected chi connectivity index (χ2v) is 25.3. The van der Waals surface area contributed by atoms with Crippen molar-refractivity contribution in [3.63, 3.8) is 0 Å². The quantitative estimate of drug-likeness (QED) is 0.125. The standard InChI is InChI=1S/C20H22BI2O4PS/c1-19(2)20(3,4)27-21(26-19)17-12-16(25-13-24-5)11-15-8-6-7-14(18(15)17)9-10-29-28(22)23/h6-8,11-12H,13H2,1-5H3. The van der Waals surface area contributed by atoms with Crippen molar-refractivity contribution >= 4 is 81.2 Å². The molecule has 1 fully saturated rings. The molecule has 1 aliphatic rings. The number of halogens is 2. The van der Waals surface area contributed by atoms with Gasteiger partial charge in [-0.05, 0) is 123 Å². The maximum Gasteiger partial charge on any atom is 0.495 e. The lowest BCUT2D eigenvalue weighted by atomic mass is 9.75. The Labute approximate surface area is 204 Å². The summed E-state index contributed by atoms with van der Waals surface area (Å²) in [6.07, 6.45) is 0. The van der Waals surface area contributed by atoms with Crippen molar-refractivity contribution in [2.24, 2.45) is 0 Å². The van der Waals surface area contributed by atoms with Gasteiger partial charge in [-0.25, -0.2) is 0 Å². The van der Waals surface area contributed by atoms with Crippen molar-refractivity contribution in [1.29, 1.82) is 0 Å². The zero-order valence-corrected chi connectivity index (χ0v) is 22.9. The van der Waals surface area contributed by atoms with Crippen LogP contribution in [0.25, 0.3) is 10.8 Å². The minimum Gasteiger partial charge on any atom is -0.468 e. The zero-order valence-electron chi connectivity index (χ0n) is 16.9. The van der Waals surface area contributed by atoms with E-state index >= 15 is 0 Å². The third-order valence-electron chi connectivity index (χ3n) is 5.13. The molecule has 0 atom stereocenters. The summed E-state index contributed by atoms with van der Waals surface area (Å²) >= 11 is 6.48. The Morgan fingerprint density at radius 2 is 1.83 bits per heavy atom. The van der Waals surface area contributed by atoms with Crippen molar-refractivity contribution in [2.45, 2.75) is 38.9 Å². The van der Waals surface area contributed by atoms with Gasteiger partial charge in [-0.15, -0.1) is 0 Å². The van der Waals surface area contributed by atoms with E-state index in [0.29, 0.717) is 5.75 Å². The maximum atomic E-state index is 6.35. The normalized spacial score (nSPS) is 17.4. The summed E-state index contributed by atoms with van der Waals surface area (Å²) in [5.41, 5.74) is 1.03. The average Bonchev–Trinajstić information content (AvgIpc) is 2.86. The molecule has 2 aromatic carbocycles. The van der Waals surface area contributed by atoms with Gasteiger partial charge in [0.05, 0.1) is 13.6 Å². The van der Waals surface area contributed by atoms with Crippen LogP contribution in [0.2, 0.25) is 0 Å². The molecule has 9 heteroatoms. The third kappa shape index (κ3) is 5.54. The van der Waals surface area contributed by atoms with E-state index in [1.54, 1.807) is 18.5 Å². The summed E-state index contributed by atoms with van der Waals surface area (Å²) in [6.45, 7) is 8.41. The summed E-state index contributed by atoms with van der Waals surface area (Å²) in [5.74, 6) is 4.04. The van der Waals surface area contributed by atoms with Gasteiger partial charge in [0.25, 0.3) is 0 Å². The number of hydrogen-bond acceptors (Lipinski definition) is 5. The SMILES string of the molecule is COCOc1cc(B2OC(C)(C)C(C)(C)O2)c2c(C#CSP(I)I)cccc2c1. The predicted octanol–water partition coefficient (Wildman–Crippen LogP) is 6.26. The summed E-state index contributed by atoms with van der Waals surface area (Å²) in [7, 11) is 1.10. The molecule has 0 N–H and O–H groups in total. The van der Waals surface area contributed by atoms with Crippen LogP contribution in [-0.4, -0.2) is 32.2 Å². The lowest BCUT2D eigenvalue weighted by molar-refractivity contribution is 0.00578. The van der Waals surface area contributed by atoms with Crippen LogP contribution in [0.5, 0.6) is 5.75 Å². The lowest BCUT2D eigenvalue weighted by Gasteiger charge is -2.32. The molecule has 1 heterocycles. The van der Waals surface area contributed by atoms with Crippen LogP contribution in [-0.2, 0) is 14.0 Å². The number of ether oxygens (including phenoxy) is 2. The fourth-order valence-corrected chi connectivity index (χ4v) is 5.36. The van der Waals surface area contributed by atoms with E-state index in [1.807, 2.05) is 24.3 Å². The maximum absolute atomic E-state index is 6.35. The Bertz CT molecular complexity index is 943. The molecule has 0 bridgehead atoms. The van der Waals surface area contributed by atoms with Crippen LogP contribution in [0.15, 0.2) is 30.3 Å². The lowest BCUT2D eigenvalue weighted by Crippen LogP contribution is -2.41. The highest BCUT2D eigenvalue weighted by Crippen LogP contribution is 2.64. The largest absolute Gasteiger partial charge is 0.495 e. The highest BCUT2D eigenvalue weighted by Gasteiger charge is 2.52. The van der Waals surface area contributed by atoms with E-state index in [0.717, 1.165) is 21.8 Å². The first-order valence-corrected chi connectivity index (χ1v) is 17.3. The summed E-state index contributed by atoms with van der Waals surface area (Å²) in [6, 6.07) is 10.1. The van der Waals surface area contributed by atoms with E-state index < -0.39 is 18.3 Å². The van der Waals surface area contributed by atoms with Crippen molar-refractivity contribution in [3.8, 4) is 16.9 Å². The second-order valence-electron chi connectivity index (χ2n) is 7.58. The smallest absolute Gasteiger partial charge is 0.468 e. The molecule has 2 aromatic rings. The molecule has 154 valence electrons. The van der Waals surface area contributed by atoms with Crippen molar-refractivity contribution in [2.75, 3.05) is 13.9 Å². The number of benzene rings is 2. The summed E-state index contributed by atoms with van der Waals surface area (Å²) in [5, 5.41) is 5.31. The van der Waals surface area contributed by atoms with Gasteiger partial charge in [0.1, 0.15) is 5.75 Å². The first kappa shape index (κ1) is 23.9. The molecule has 0 saturated carbocycles. The van der Waals surface area contributed by atoms with Gasteiger partial charge in [0.15, 0.2) is 6.79 Å². The van der Waals surface area contributed by atoms with Gasteiger partial charge >= 0.3 is 7.12 Å². The van der Waals surface area contributed by atoms with Gasteiger partial charge in [-0.2, -0.15) is 0 Å². The molecule has 3 rings (SSSR count). The molecule has 4 nitrogen and oxygen atoms in total. The highest BCUT2D eigenvalue weighted by molar-refractivity contribution is 14.3. The minimum absolute atomic E-state index is 0.180. The number of hydrogen-bond donors (Lipinski definition) is 0. The minimum atomic E-state index is -0.504. The molecule has 0 aliphatic carbocycles.